The third kappa shape index (κ3) is 2.06. The second-order valence-corrected chi connectivity index (χ2v) is 5.59. The van der Waals surface area contributed by atoms with Crippen molar-refractivity contribution in [3.63, 3.8) is 0 Å². The number of aromatic hydroxyl groups is 1. The first-order valence-electron chi connectivity index (χ1n) is 7.37. The highest BCUT2D eigenvalue weighted by Gasteiger charge is 2.42. The number of phenolic OH excluding ortho intramolecular Hbond substituents is 1. The zero-order chi connectivity index (χ0) is 17.7. The fraction of sp³-hybridized carbons (Fsp3) is 0. The van der Waals surface area contributed by atoms with Gasteiger partial charge in [-0.3, -0.25) is 19.7 Å². The third-order valence-electron chi connectivity index (χ3n) is 4.17. The van der Waals surface area contributed by atoms with Crippen LogP contribution in [0.1, 0.15) is 20.7 Å². The predicted octanol–water partition coefficient (Wildman–Crippen LogP) is 3.25. The highest BCUT2D eigenvalue weighted by Crippen LogP contribution is 2.37. The first-order chi connectivity index (χ1) is 12.0. The minimum absolute atomic E-state index is 0.00337. The van der Waals surface area contributed by atoms with Crippen LogP contribution in [0, 0.1) is 10.1 Å². The van der Waals surface area contributed by atoms with E-state index in [-0.39, 0.29) is 22.6 Å². The molecule has 1 N–H and O–H groups in total. The summed E-state index contributed by atoms with van der Waals surface area (Å²) in [4.78, 5) is 37.0. The molecule has 1 aliphatic heterocycles. The lowest BCUT2D eigenvalue weighted by atomic mass is 10.1. The number of benzene rings is 3. The standard InChI is InChI=1S/C18H10N2O5/c21-11-8-7-10-3-1-5-14(13(10)9-11)19-17(22)12-4-2-6-15(20(24)25)16(12)18(19)23/h1-9,21H. The summed E-state index contributed by atoms with van der Waals surface area (Å²) in [6, 6.07) is 13.6. The average Bonchev–Trinajstić information content (AvgIpc) is 2.85. The fourth-order valence-corrected chi connectivity index (χ4v) is 3.08. The number of nitro groups is 1. The summed E-state index contributed by atoms with van der Waals surface area (Å²) in [6.45, 7) is 0. The number of nitro benzene ring substituents is 1. The number of phenols is 1. The topological polar surface area (TPSA) is 101 Å². The van der Waals surface area contributed by atoms with Crippen LogP contribution in [0.2, 0.25) is 0 Å². The van der Waals surface area contributed by atoms with Crippen LogP contribution in [-0.4, -0.2) is 21.8 Å². The number of rotatable bonds is 2. The molecule has 3 aromatic carbocycles. The summed E-state index contributed by atoms with van der Waals surface area (Å²) in [6.07, 6.45) is 0. The molecule has 7 nitrogen and oxygen atoms in total. The molecule has 25 heavy (non-hydrogen) atoms. The molecule has 0 aromatic heterocycles. The molecule has 4 rings (SSSR count). The van der Waals surface area contributed by atoms with Crippen molar-refractivity contribution in [2.45, 2.75) is 0 Å². The number of carbonyl (C=O) groups is 2. The fourth-order valence-electron chi connectivity index (χ4n) is 3.08. The molecule has 0 radical (unpaired) electrons. The molecular weight excluding hydrogens is 324 g/mol. The minimum atomic E-state index is -0.747. The number of imide groups is 1. The van der Waals surface area contributed by atoms with Crippen LogP contribution in [0.5, 0.6) is 5.75 Å². The van der Waals surface area contributed by atoms with E-state index in [0.717, 1.165) is 10.3 Å². The van der Waals surface area contributed by atoms with E-state index >= 15 is 0 Å². The van der Waals surface area contributed by atoms with Crippen molar-refractivity contribution in [1.82, 2.24) is 0 Å². The van der Waals surface area contributed by atoms with Gasteiger partial charge in [0.1, 0.15) is 11.3 Å². The first kappa shape index (κ1) is 14.8. The molecule has 0 saturated heterocycles. The van der Waals surface area contributed by atoms with E-state index in [2.05, 4.69) is 0 Å². The van der Waals surface area contributed by atoms with Crippen molar-refractivity contribution in [3.8, 4) is 5.75 Å². The summed E-state index contributed by atoms with van der Waals surface area (Å²) in [5.74, 6) is -1.38. The lowest BCUT2D eigenvalue weighted by Gasteiger charge is -2.16. The summed E-state index contributed by atoms with van der Waals surface area (Å²) in [5.41, 5.74) is -0.346. The molecule has 1 aliphatic rings. The predicted molar refractivity (Wildman–Crippen MR) is 89.8 cm³/mol. The number of carbonyl (C=O) groups excluding carboxylic acids is 2. The molecule has 3 aromatic rings. The van der Waals surface area contributed by atoms with E-state index in [1.165, 1.54) is 30.3 Å². The van der Waals surface area contributed by atoms with E-state index in [1.54, 1.807) is 24.3 Å². The van der Waals surface area contributed by atoms with Gasteiger partial charge in [0.2, 0.25) is 0 Å². The van der Waals surface area contributed by atoms with Gasteiger partial charge in [-0.25, -0.2) is 4.90 Å². The van der Waals surface area contributed by atoms with E-state index in [1.807, 2.05) is 0 Å². The Morgan fingerprint density at radius 3 is 2.48 bits per heavy atom. The van der Waals surface area contributed by atoms with Crippen LogP contribution in [-0.2, 0) is 0 Å². The number of nitrogens with zero attached hydrogens (tertiary/aromatic N) is 2. The maximum Gasteiger partial charge on any atom is 0.283 e. The van der Waals surface area contributed by atoms with Gasteiger partial charge in [-0.15, -0.1) is 0 Å². The molecule has 0 saturated carbocycles. The molecular formula is C18H10N2O5. The van der Waals surface area contributed by atoms with Gasteiger partial charge in [0.05, 0.1) is 16.2 Å². The highest BCUT2D eigenvalue weighted by atomic mass is 16.6. The molecule has 7 heteroatoms. The Morgan fingerprint density at radius 2 is 1.72 bits per heavy atom. The number of hydrogen-bond donors (Lipinski definition) is 1. The van der Waals surface area contributed by atoms with Crippen LogP contribution in [0.25, 0.3) is 10.8 Å². The van der Waals surface area contributed by atoms with Crippen LogP contribution >= 0.6 is 0 Å². The van der Waals surface area contributed by atoms with Crippen molar-refractivity contribution in [3.05, 3.63) is 75.8 Å². The van der Waals surface area contributed by atoms with Crippen LogP contribution < -0.4 is 4.90 Å². The van der Waals surface area contributed by atoms with Gasteiger partial charge in [0.25, 0.3) is 17.5 Å². The van der Waals surface area contributed by atoms with Crippen molar-refractivity contribution in [2.75, 3.05) is 4.90 Å². The summed E-state index contributed by atoms with van der Waals surface area (Å²) >= 11 is 0. The van der Waals surface area contributed by atoms with E-state index in [4.69, 9.17) is 0 Å². The van der Waals surface area contributed by atoms with Crippen LogP contribution in [0.3, 0.4) is 0 Å². The molecule has 0 atom stereocenters. The van der Waals surface area contributed by atoms with Crippen LogP contribution in [0.4, 0.5) is 11.4 Å². The second kappa shape index (κ2) is 5.13. The van der Waals surface area contributed by atoms with E-state index in [0.29, 0.717) is 5.39 Å². The van der Waals surface area contributed by atoms with Crippen LogP contribution in [0.15, 0.2) is 54.6 Å². The number of hydrogen-bond acceptors (Lipinski definition) is 5. The monoisotopic (exact) mass is 334 g/mol. The minimum Gasteiger partial charge on any atom is -0.508 e. The summed E-state index contributed by atoms with van der Waals surface area (Å²) in [5, 5.41) is 22.2. The first-order valence-corrected chi connectivity index (χ1v) is 7.37. The van der Waals surface area contributed by atoms with E-state index < -0.39 is 22.4 Å². The van der Waals surface area contributed by atoms with Crippen molar-refractivity contribution >= 4 is 34.0 Å². The smallest absolute Gasteiger partial charge is 0.283 e. The van der Waals surface area contributed by atoms with Gasteiger partial charge in [0, 0.05) is 11.5 Å². The lowest BCUT2D eigenvalue weighted by molar-refractivity contribution is -0.385. The summed E-state index contributed by atoms with van der Waals surface area (Å²) < 4.78 is 0. The second-order valence-electron chi connectivity index (χ2n) is 5.59. The number of anilines is 1. The van der Waals surface area contributed by atoms with Gasteiger partial charge in [0.15, 0.2) is 0 Å². The third-order valence-corrected chi connectivity index (χ3v) is 4.17. The Kier molecular flexibility index (Phi) is 3.04. The molecule has 0 unspecified atom stereocenters. The van der Waals surface area contributed by atoms with Crippen molar-refractivity contribution < 1.29 is 19.6 Å². The molecule has 122 valence electrons. The highest BCUT2D eigenvalue weighted by molar-refractivity contribution is 6.37. The molecule has 0 fully saturated rings. The van der Waals surface area contributed by atoms with Crippen molar-refractivity contribution in [1.29, 1.82) is 0 Å². The van der Waals surface area contributed by atoms with Gasteiger partial charge < -0.3 is 5.11 Å². The molecule has 0 bridgehead atoms. The van der Waals surface area contributed by atoms with E-state index in [9.17, 15) is 24.8 Å². The molecule has 0 spiro atoms. The number of amides is 2. The number of fused-ring (bicyclic) bond motifs is 2. The Morgan fingerprint density at radius 1 is 0.960 bits per heavy atom. The molecule has 0 aliphatic carbocycles. The molecule has 2 amide bonds. The average molecular weight is 334 g/mol. The molecule has 1 heterocycles. The van der Waals surface area contributed by atoms with Gasteiger partial charge >= 0.3 is 0 Å². The normalized spacial score (nSPS) is 13.4. The largest absolute Gasteiger partial charge is 0.508 e. The zero-order valence-electron chi connectivity index (χ0n) is 12.7. The maximum atomic E-state index is 12.8. The Labute approximate surface area is 140 Å². The van der Waals surface area contributed by atoms with Gasteiger partial charge in [-0.1, -0.05) is 24.3 Å². The maximum absolute atomic E-state index is 12.8. The summed E-state index contributed by atoms with van der Waals surface area (Å²) in [7, 11) is 0. The Balaban J connectivity index is 1.96. The Hall–Kier alpha value is -3.74. The van der Waals surface area contributed by atoms with Gasteiger partial charge in [-0.05, 0) is 29.7 Å². The SMILES string of the molecule is O=C1c2cccc([N+](=O)[O-])c2C(=O)N1c1cccc2ccc(O)cc12. The van der Waals surface area contributed by atoms with Crippen molar-refractivity contribution in [2.24, 2.45) is 0 Å². The quantitative estimate of drug-likeness (QED) is 0.440. The van der Waals surface area contributed by atoms with Gasteiger partial charge in [-0.2, -0.15) is 0 Å². The Bertz CT molecular complexity index is 1090. The lowest BCUT2D eigenvalue weighted by Crippen LogP contribution is -2.29. The zero-order valence-corrected chi connectivity index (χ0v) is 12.7.